The molecule has 1 N–H and O–H groups in total. The molecule has 0 aromatic heterocycles. The lowest BCUT2D eigenvalue weighted by atomic mass is 10.4. The van der Waals surface area contributed by atoms with E-state index >= 15 is 0 Å². The van der Waals surface area contributed by atoms with Gasteiger partial charge in [0.2, 0.25) is 0 Å². The molecule has 14 heavy (non-hydrogen) atoms. The fraction of sp³-hybridized carbons (Fsp3) is 0.273. The van der Waals surface area contributed by atoms with Crippen LogP contribution in [-0.4, -0.2) is 18.8 Å². The molecule has 0 bridgehead atoms. The topological polar surface area (TPSA) is 12.0 Å². The Balaban J connectivity index is 2.18. The zero-order chi connectivity index (χ0) is 10.2. The van der Waals surface area contributed by atoms with Gasteiger partial charge in [0.05, 0.1) is 0 Å². The number of nitrogens with one attached hydrogen (secondary N) is 1. The van der Waals surface area contributed by atoms with Gasteiger partial charge >= 0.3 is 0 Å². The van der Waals surface area contributed by atoms with Crippen molar-refractivity contribution in [1.82, 2.24) is 5.32 Å². The summed E-state index contributed by atoms with van der Waals surface area (Å²) in [6.07, 6.45) is 1.87. The summed E-state index contributed by atoms with van der Waals surface area (Å²) in [5.74, 6) is 1.06. The molecule has 0 saturated carbocycles. The van der Waals surface area contributed by atoms with Crippen molar-refractivity contribution in [2.45, 2.75) is 4.90 Å². The average Bonchev–Trinajstić information content (AvgIpc) is 2.21. The summed E-state index contributed by atoms with van der Waals surface area (Å²) in [5, 5.41) is 4.04. The van der Waals surface area contributed by atoms with E-state index in [1.54, 1.807) is 0 Å². The first-order valence-electron chi connectivity index (χ1n) is 4.53. The van der Waals surface area contributed by atoms with Crippen LogP contribution < -0.4 is 5.32 Å². The third-order valence-electron chi connectivity index (χ3n) is 1.65. The lowest BCUT2D eigenvalue weighted by Gasteiger charge is -2.02. The van der Waals surface area contributed by atoms with Crippen molar-refractivity contribution >= 4 is 23.4 Å². The van der Waals surface area contributed by atoms with E-state index in [1.807, 2.05) is 42.1 Å². The van der Waals surface area contributed by atoms with Crippen LogP contribution in [0.2, 0.25) is 5.02 Å². The highest BCUT2D eigenvalue weighted by molar-refractivity contribution is 7.99. The monoisotopic (exact) mass is 227 g/mol. The largest absolute Gasteiger partial charge is 0.312 e. The van der Waals surface area contributed by atoms with Crippen molar-refractivity contribution in [3.63, 3.8) is 0 Å². The summed E-state index contributed by atoms with van der Waals surface area (Å²) in [5.41, 5.74) is 0. The van der Waals surface area contributed by atoms with E-state index in [4.69, 9.17) is 11.6 Å². The fourth-order valence-corrected chi connectivity index (χ4v) is 1.91. The summed E-state index contributed by atoms with van der Waals surface area (Å²) in [6.45, 7) is 5.52. The Labute approximate surface area is 94.5 Å². The number of hydrogen-bond acceptors (Lipinski definition) is 2. The fourth-order valence-electron chi connectivity index (χ4n) is 0.976. The standard InChI is InChI=1S/C11H14ClNS/c1-2-7-13-8-9-14-11-5-3-10(12)4-6-11/h2-6,13H,1,7-9H2. The molecule has 0 aliphatic carbocycles. The summed E-state index contributed by atoms with van der Waals surface area (Å²) in [7, 11) is 0. The van der Waals surface area contributed by atoms with Gasteiger partial charge in [-0.25, -0.2) is 0 Å². The molecule has 1 aromatic rings. The quantitative estimate of drug-likeness (QED) is 0.455. The molecule has 0 fully saturated rings. The maximum Gasteiger partial charge on any atom is 0.0406 e. The smallest absolute Gasteiger partial charge is 0.0406 e. The van der Waals surface area contributed by atoms with E-state index in [-0.39, 0.29) is 0 Å². The molecule has 0 spiro atoms. The van der Waals surface area contributed by atoms with Crippen molar-refractivity contribution in [2.24, 2.45) is 0 Å². The Bertz CT molecular complexity index is 271. The third-order valence-corrected chi connectivity index (χ3v) is 2.92. The highest BCUT2D eigenvalue weighted by atomic mass is 35.5. The molecule has 0 saturated heterocycles. The van der Waals surface area contributed by atoms with E-state index in [1.165, 1.54) is 4.90 Å². The molecule has 76 valence electrons. The second-order valence-corrected chi connectivity index (χ2v) is 4.40. The third kappa shape index (κ3) is 4.70. The predicted octanol–water partition coefficient (Wildman–Crippen LogP) is 3.21. The summed E-state index contributed by atoms with van der Waals surface area (Å²) < 4.78 is 0. The van der Waals surface area contributed by atoms with Gasteiger partial charge < -0.3 is 5.32 Å². The van der Waals surface area contributed by atoms with E-state index in [0.717, 1.165) is 23.9 Å². The van der Waals surface area contributed by atoms with Crippen molar-refractivity contribution < 1.29 is 0 Å². The molecule has 1 nitrogen and oxygen atoms in total. The summed E-state index contributed by atoms with van der Waals surface area (Å²) in [6, 6.07) is 7.92. The second kappa shape index (κ2) is 6.93. The molecule has 0 heterocycles. The first-order chi connectivity index (χ1) is 6.83. The number of rotatable bonds is 6. The van der Waals surface area contributed by atoms with Crippen LogP contribution in [0.3, 0.4) is 0 Å². The van der Waals surface area contributed by atoms with Crippen LogP contribution in [0.5, 0.6) is 0 Å². The van der Waals surface area contributed by atoms with Crippen LogP contribution in [0.1, 0.15) is 0 Å². The number of thioether (sulfide) groups is 1. The number of hydrogen-bond donors (Lipinski definition) is 1. The van der Waals surface area contributed by atoms with E-state index in [2.05, 4.69) is 11.9 Å². The van der Waals surface area contributed by atoms with Gasteiger partial charge in [-0.2, -0.15) is 0 Å². The average molecular weight is 228 g/mol. The molecule has 3 heteroatoms. The second-order valence-electron chi connectivity index (χ2n) is 2.80. The van der Waals surface area contributed by atoms with Crippen LogP contribution >= 0.6 is 23.4 Å². The maximum atomic E-state index is 5.78. The minimum Gasteiger partial charge on any atom is -0.312 e. The van der Waals surface area contributed by atoms with Crippen LogP contribution in [-0.2, 0) is 0 Å². The van der Waals surface area contributed by atoms with Crippen molar-refractivity contribution in [1.29, 1.82) is 0 Å². The molecule has 0 aliphatic heterocycles. The van der Waals surface area contributed by atoms with Crippen molar-refractivity contribution in [2.75, 3.05) is 18.8 Å². The molecular formula is C11H14ClNS. The van der Waals surface area contributed by atoms with Crippen LogP contribution in [0.25, 0.3) is 0 Å². The van der Waals surface area contributed by atoms with E-state index < -0.39 is 0 Å². The SMILES string of the molecule is C=CCNCCSc1ccc(Cl)cc1. The minimum absolute atomic E-state index is 0.791. The molecular weight excluding hydrogens is 214 g/mol. The Morgan fingerprint density at radius 3 is 2.71 bits per heavy atom. The molecule has 0 radical (unpaired) electrons. The van der Waals surface area contributed by atoms with Gasteiger partial charge in [-0.15, -0.1) is 18.3 Å². The van der Waals surface area contributed by atoms with Crippen LogP contribution in [0, 0.1) is 0 Å². The number of benzene rings is 1. The van der Waals surface area contributed by atoms with Gasteiger partial charge in [0, 0.05) is 28.8 Å². The van der Waals surface area contributed by atoms with E-state index in [0.29, 0.717) is 0 Å². The Kier molecular flexibility index (Phi) is 5.76. The van der Waals surface area contributed by atoms with E-state index in [9.17, 15) is 0 Å². The van der Waals surface area contributed by atoms with Crippen molar-refractivity contribution in [3.05, 3.63) is 41.9 Å². The Morgan fingerprint density at radius 1 is 1.36 bits per heavy atom. The summed E-state index contributed by atoms with van der Waals surface area (Å²) >= 11 is 7.61. The molecule has 1 rings (SSSR count). The molecule has 1 aromatic carbocycles. The normalized spacial score (nSPS) is 10.1. The molecule has 0 atom stereocenters. The zero-order valence-corrected chi connectivity index (χ0v) is 9.57. The van der Waals surface area contributed by atoms with Crippen molar-refractivity contribution in [3.8, 4) is 0 Å². The predicted molar refractivity (Wildman–Crippen MR) is 65.2 cm³/mol. The highest BCUT2D eigenvalue weighted by Gasteiger charge is 1.93. The zero-order valence-electron chi connectivity index (χ0n) is 8.00. The lowest BCUT2D eigenvalue weighted by Crippen LogP contribution is -2.16. The lowest BCUT2D eigenvalue weighted by molar-refractivity contribution is 0.807. The maximum absolute atomic E-state index is 5.78. The minimum atomic E-state index is 0.791. The molecule has 0 unspecified atom stereocenters. The van der Waals surface area contributed by atoms with Gasteiger partial charge in [0.15, 0.2) is 0 Å². The van der Waals surface area contributed by atoms with Gasteiger partial charge in [-0.05, 0) is 24.3 Å². The van der Waals surface area contributed by atoms with Crippen LogP contribution in [0.15, 0.2) is 41.8 Å². The highest BCUT2D eigenvalue weighted by Crippen LogP contribution is 2.19. The first kappa shape index (κ1) is 11.6. The summed E-state index contributed by atoms with van der Waals surface area (Å²) in [4.78, 5) is 1.26. The van der Waals surface area contributed by atoms with Crippen LogP contribution in [0.4, 0.5) is 0 Å². The van der Waals surface area contributed by atoms with Gasteiger partial charge in [-0.1, -0.05) is 17.7 Å². The molecule has 0 aliphatic rings. The van der Waals surface area contributed by atoms with Gasteiger partial charge in [-0.3, -0.25) is 0 Å². The Morgan fingerprint density at radius 2 is 2.07 bits per heavy atom. The molecule has 0 amide bonds. The van der Waals surface area contributed by atoms with Gasteiger partial charge in [0.1, 0.15) is 0 Å². The first-order valence-corrected chi connectivity index (χ1v) is 5.89. The number of halogens is 1. The van der Waals surface area contributed by atoms with Gasteiger partial charge in [0.25, 0.3) is 0 Å². The Hall–Kier alpha value is -0.440.